The van der Waals surface area contributed by atoms with Crippen LogP contribution in [0.4, 0.5) is 4.79 Å². The average molecular weight is 468 g/mol. The molecule has 0 aliphatic carbocycles. The van der Waals surface area contributed by atoms with Crippen LogP contribution in [-0.2, 0) is 15.9 Å². The monoisotopic (exact) mass is 467 g/mol. The van der Waals surface area contributed by atoms with Crippen molar-refractivity contribution in [2.75, 3.05) is 46.4 Å². The Morgan fingerprint density at radius 2 is 2.06 bits per heavy atom. The number of carbonyl (C=O) groups excluding carboxylic acids is 1. The summed E-state index contributed by atoms with van der Waals surface area (Å²) in [5.41, 5.74) is 3.03. The summed E-state index contributed by atoms with van der Waals surface area (Å²) in [6.07, 6.45) is 8.94. The van der Waals surface area contributed by atoms with Gasteiger partial charge in [-0.1, -0.05) is 39.5 Å². The standard InChI is InChI=1S/C24H31N5O3.C2H6/c1-4-19(20-7-6-10-25-21(20)5-2)23-26-22(8-11-27(23)3)28-12-14-29(15-13-28)24(30)32-18-9-16-31-17-18;1-2/h4,6-8,10-11,18H,1,5,9,12-17H2,2-3H3;1-2H3/b23-19+;. The van der Waals surface area contributed by atoms with Gasteiger partial charge in [-0.2, -0.15) is 0 Å². The second-order valence-corrected chi connectivity index (χ2v) is 8.03. The number of rotatable bonds is 4. The molecule has 1 atom stereocenters. The van der Waals surface area contributed by atoms with Crippen LogP contribution < -0.4 is 0 Å². The lowest BCUT2D eigenvalue weighted by Crippen LogP contribution is -2.51. The van der Waals surface area contributed by atoms with Crippen LogP contribution in [0.1, 0.15) is 38.4 Å². The van der Waals surface area contributed by atoms with Gasteiger partial charge in [-0.3, -0.25) is 4.98 Å². The van der Waals surface area contributed by atoms with Gasteiger partial charge in [0.25, 0.3) is 0 Å². The van der Waals surface area contributed by atoms with E-state index in [1.807, 2.05) is 56.4 Å². The minimum Gasteiger partial charge on any atom is -0.444 e. The van der Waals surface area contributed by atoms with Crippen molar-refractivity contribution in [2.24, 2.45) is 4.99 Å². The lowest BCUT2D eigenvalue weighted by Gasteiger charge is -2.37. The maximum Gasteiger partial charge on any atom is 0.410 e. The second kappa shape index (κ2) is 12.4. The summed E-state index contributed by atoms with van der Waals surface area (Å²) in [7, 11) is 1.98. The third kappa shape index (κ3) is 5.86. The smallest absolute Gasteiger partial charge is 0.410 e. The van der Waals surface area contributed by atoms with E-state index in [0.717, 1.165) is 41.3 Å². The molecule has 1 aromatic rings. The molecule has 4 rings (SSSR count). The molecule has 0 saturated carbocycles. The molecule has 8 nitrogen and oxygen atoms in total. The zero-order valence-electron chi connectivity index (χ0n) is 20.9. The lowest BCUT2D eigenvalue weighted by atomic mass is 10.0. The Labute approximate surface area is 203 Å². The van der Waals surface area contributed by atoms with Gasteiger partial charge >= 0.3 is 6.09 Å². The molecule has 184 valence electrons. The first-order chi connectivity index (χ1) is 16.6. The van der Waals surface area contributed by atoms with E-state index in [-0.39, 0.29) is 12.2 Å². The molecule has 3 aliphatic rings. The van der Waals surface area contributed by atoms with Crippen LogP contribution in [0.2, 0.25) is 0 Å². The van der Waals surface area contributed by atoms with Gasteiger partial charge in [0.1, 0.15) is 17.8 Å². The SMILES string of the molecule is C=C/C(=C1/N=C(N2CCN(C(=O)OC3CCOC3)CC2)C=CN1C)c1cccnc1CC.CC. The van der Waals surface area contributed by atoms with Gasteiger partial charge in [-0.05, 0) is 18.6 Å². The van der Waals surface area contributed by atoms with Gasteiger partial charge in [0.05, 0.1) is 13.2 Å². The van der Waals surface area contributed by atoms with E-state index in [9.17, 15) is 4.79 Å². The number of aromatic nitrogens is 1. The summed E-state index contributed by atoms with van der Waals surface area (Å²) in [6.45, 7) is 13.9. The Hall–Kier alpha value is -3.13. The number of aryl methyl sites for hydroxylation is 1. The largest absolute Gasteiger partial charge is 0.444 e. The highest BCUT2D eigenvalue weighted by atomic mass is 16.6. The normalized spacial score (nSPS) is 21.5. The molecule has 4 heterocycles. The number of ether oxygens (including phenoxy) is 2. The number of carbonyl (C=O) groups is 1. The zero-order chi connectivity index (χ0) is 24.5. The van der Waals surface area contributed by atoms with Crippen LogP contribution in [0.3, 0.4) is 0 Å². The van der Waals surface area contributed by atoms with Crippen molar-refractivity contribution in [2.45, 2.75) is 39.7 Å². The van der Waals surface area contributed by atoms with E-state index in [1.54, 1.807) is 4.90 Å². The second-order valence-electron chi connectivity index (χ2n) is 8.03. The lowest BCUT2D eigenvalue weighted by molar-refractivity contribution is 0.0467. The topological polar surface area (TPSA) is 70.5 Å². The predicted octanol–water partition coefficient (Wildman–Crippen LogP) is 3.93. The van der Waals surface area contributed by atoms with E-state index in [0.29, 0.717) is 39.4 Å². The van der Waals surface area contributed by atoms with Crippen molar-refractivity contribution >= 4 is 17.5 Å². The summed E-state index contributed by atoms with van der Waals surface area (Å²) in [6, 6.07) is 4.01. The fourth-order valence-electron chi connectivity index (χ4n) is 4.13. The maximum absolute atomic E-state index is 12.4. The molecule has 0 aromatic carbocycles. The third-order valence-corrected chi connectivity index (χ3v) is 5.98. The molecule has 1 unspecified atom stereocenters. The zero-order valence-corrected chi connectivity index (χ0v) is 20.9. The van der Waals surface area contributed by atoms with E-state index in [4.69, 9.17) is 14.5 Å². The fourth-order valence-corrected chi connectivity index (χ4v) is 4.13. The van der Waals surface area contributed by atoms with Crippen molar-refractivity contribution in [3.05, 3.63) is 60.3 Å². The van der Waals surface area contributed by atoms with E-state index in [2.05, 4.69) is 29.5 Å². The Morgan fingerprint density at radius 3 is 2.71 bits per heavy atom. The number of amides is 1. The highest BCUT2D eigenvalue weighted by molar-refractivity contribution is 5.96. The first-order valence-corrected chi connectivity index (χ1v) is 12.2. The Balaban J connectivity index is 0.00000158. The predicted molar refractivity (Wildman–Crippen MR) is 135 cm³/mol. The highest BCUT2D eigenvalue weighted by Crippen LogP contribution is 2.27. The third-order valence-electron chi connectivity index (χ3n) is 5.98. The van der Waals surface area contributed by atoms with Gasteiger partial charge in [0, 0.05) is 68.9 Å². The van der Waals surface area contributed by atoms with Crippen LogP contribution in [0, 0.1) is 0 Å². The summed E-state index contributed by atoms with van der Waals surface area (Å²) in [4.78, 5) is 27.9. The van der Waals surface area contributed by atoms with E-state index in [1.165, 1.54) is 0 Å². The summed E-state index contributed by atoms with van der Waals surface area (Å²) in [5.74, 6) is 1.72. The van der Waals surface area contributed by atoms with E-state index < -0.39 is 0 Å². The molecule has 8 heteroatoms. The molecule has 0 N–H and O–H groups in total. The molecule has 34 heavy (non-hydrogen) atoms. The van der Waals surface area contributed by atoms with Crippen molar-refractivity contribution in [3.63, 3.8) is 0 Å². The molecule has 2 saturated heterocycles. The summed E-state index contributed by atoms with van der Waals surface area (Å²) >= 11 is 0. The maximum atomic E-state index is 12.4. The molecular formula is C26H37N5O3. The Morgan fingerprint density at radius 1 is 1.29 bits per heavy atom. The summed E-state index contributed by atoms with van der Waals surface area (Å²) < 4.78 is 10.8. The first kappa shape index (κ1) is 25.5. The Kier molecular flexibility index (Phi) is 9.27. The van der Waals surface area contributed by atoms with Crippen LogP contribution in [0.25, 0.3) is 5.57 Å². The van der Waals surface area contributed by atoms with Gasteiger partial charge in [0.15, 0.2) is 0 Å². The number of hydrogen-bond donors (Lipinski definition) is 0. The number of nitrogens with zero attached hydrogens (tertiary/aromatic N) is 5. The molecule has 2 fully saturated rings. The molecule has 3 aliphatic heterocycles. The van der Waals surface area contributed by atoms with Crippen molar-refractivity contribution in [1.82, 2.24) is 19.7 Å². The van der Waals surface area contributed by atoms with Crippen LogP contribution in [-0.4, -0.2) is 84.2 Å². The molecule has 0 spiro atoms. The summed E-state index contributed by atoms with van der Waals surface area (Å²) in [5, 5.41) is 0. The molecule has 0 bridgehead atoms. The van der Waals surface area contributed by atoms with E-state index >= 15 is 0 Å². The number of amidine groups is 1. The molecule has 1 amide bonds. The number of piperazine rings is 1. The van der Waals surface area contributed by atoms with Crippen molar-refractivity contribution in [3.8, 4) is 0 Å². The molecule has 1 aromatic heterocycles. The molecule has 0 radical (unpaired) electrons. The van der Waals surface area contributed by atoms with Gasteiger partial charge < -0.3 is 24.2 Å². The number of hydrogen-bond acceptors (Lipinski definition) is 7. The van der Waals surface area contributed by atoms with Gasteiger partial charge in [-0.25, -0.2) is 9.79 Å². The quantitative estimate of drug-likeness (QED) is 0.668. The van der Waals surface area contributed by atoms with Crippen molar-refractivity contribution in [1.29, 1.82) is 0 Å². The fraction of sp³-hybridized carbons (Fsp3) is 0.500. The number of allylic oxidation sites excluding steroid dienone is 2. The van der Waals surface area contributed by atoms with Gasteiger partial charge in [-0.15, -0.1) is 0 Å². The Bertz CT molecular complexity index is 942. The minimum absolute atomic E-state index is 0.118. The van der Waals surface area contributed by atoms with Gasteiger partial charge in [0.2, 0.25) is 0 Å². The number of pyridine rings is 1. The van der Waals surface area contributed by atoms with Crippen LogP contribution in [0.15, 0.2) is 54.1 Å². The van der Waals surface area contributed by atoms with Crippen LogP contribution in [0.5, 0.6) is 0 Å². The van der Waals surface area contributed by atoms with Crippen molar-refractivity contribution < 1.29 is 14.3 Å². The number of aliphatic imine (C=N–C) groups is 1. The van der Waals surface area contributed by atoms with Crippen LogP contribution >= 0.6 is 0 Å². The highest BCUT2D eigenvalue weighted by Gasteiger charge is 2.28. The molecular weight excluding hydrogens is 430 g/mol. The average Bonchev–Trinajstić information content (AvgIpc) is 3.40. The minimum atomic E-state index is -0.251. The first-order valence-electron chi connectivity index (χ1n) is 12.2.